The second-order valence-electron chi connectivity index (χ2n) is 3.62. The van der Waals surface area contributed by atoms with Crippen LogP contribution >= 0.6 is 0 Å². The van der Waals surface area contributed by atoms with E-state index in [9.17, 15) is 4.79 Å². The molecule has 1 fully saturated rings. The van der Waals surface area contributed by atoms with Crippen molar-refractivity contribution >= 4 is 11.7 Å². The first-order valence-corrected chi connectivity index (χ1v) is 5.09. The molecule has 1 aliphatic rings. The Bertz CT molecular complexity index is 366. The van der Waals surface area contributed by atoms with Crippen LogP contribution in [-0.4, -0.2) is 28.5 Å². The number of hydrogen-bond donors (Lipinski definition) is 2. The monoisotopic (exact) mass is 206 g/mol. The molecular weight excluding hydrogens is 192 g/mol. The molecule has 80 valence electrons. The standard InChI is InChI=1S/C10H14N4O/c1-7-11-6-4-9(13-7)14-8-3-2-5-12-10(8)15/h4,6,8H,2-3,5H2,1H3,(H,12,15)(H,11,13,14). The van der Waals surface area contributed by atoms with E-state index in [0.29, 0.717) is 11.6 Å². The number of anilines is 1. The van der Waals surface area contributed by atoms with E-state index in [2.05, 4.69) is 20.6 Å². The molecule has 1 aliphatic heterocycles. The van der Waals surface area contributed by atoms with Gasteiger partial charge in [0.15, 0.2) is 0 Å². The zero-order valence-corrected chi connectivity index (χ0v) is 8.66. The Hall–Kier alpha value is -1.65. The number of aryl methyl sites for hydroxylation is 1. The van der Waals surface area contributed by atoms with E-state index in [1.54, 1.807) is 12.3 Å². The fourth-order valence-electron chi connectivity index (χ4n) is 1.62. The van der Waals surface area contributed by atoms with E-state index < -0.39 is 0 Å². The molecule has 1 aromatic rings. The Morgan fingerprint density at radius 1 is 1.60 bits per heavy atom. The summed E-state index contributed by atoms with van der Waals surface area (Å²) in [6.45, 7) is 2.60. The third-order valence-corrected chi connectivity index (χ3v) is 2.38. The van der Waals surface area contributed by atoms with Crippen molar-refractivity contribution in [3.05, 3.63) is 18.1 Å². The molecule has 1 saturated heterocycles. The van der Waals surface area contributed by atoms with Crippen LogP contribution in [0.25, 0.3) is 0 Å². The van der Waals surface area contributed by atoms with Gasteiger partial charge in [0.2, 0.25) is 5.91 Å². The van der Waals surface area contributed by atoms with Crippen molar-refractivity contribution in [2.24, 2.45) is 0 Å². The molecule has 0 spiro atoms. The lowest BCUT2D eigenvalue weighted by Crippen LogP contribution is -2.44. The zero-order chi connectivity index (χ0) is 10.7. The maximum atomic E-state index is 11.5. The highest BCUT2D eigenvalue weighted by Gasteiger charge is 2.21. The number of nitrogens with one attached hydrogen (secondary N) is 2. The molecule has 5 nitrogen and oxygen atoms in total. The van der Waals surface area contributed by atoms with Crippen molar-refractivity contribution in [2.45, 2.75) is 25.8 Å². The Balaban J connectivity index is 2.04. The number of nitrogens with zero attached hydrogens (tertiary/aromatic N) is 2. The molecule has 2 rings (SSSR count). The van der Waals surface area contributed by atoms with Crippen LogP contribution in [0.5, 0.6) is 0 Å². The van der Waals surface area contributed by atoms with Crippen LogP contribution in [0.2, 0.25) is 0 Å². The number of carbonyl (C=O) groups excluding carboxylic acids is 1. The normalized spacial score (nSPS) is 20.9. The molecule has 0 aliphatic carbocycles. The van der Waals surface area contributed by atoms with Gasteiger partial charge in [-0.25, -0.2) is 9.97 Å². The summed E-state index contributed by atoms with van der Waals surface area (Å²) < 4.78 is 0. The van der Waals surface area contributed by atoms with Crippen LogP contribution in [0.3, 0.4) is 0 Å². The molecule has 15 heavy (non-hydrogen) atoms. The second kappa shape index (κ2) is 4.25. The van der Waals surface area contributed by atoms with Crippen molar-refractivity contribution in [1.29, 1.82) is 0 Å². The highest BCUT2D eigenvalue weighted by atomic mass is 16.2. The SMILES string of the molecule is Cc1nccc(NC2CCCNC2=O)n1. The lowest BCUT2D eigenvalue weighted by molar-refractivity contribution is -0.123. The molecular formula is C10H14N4O. The minimum absolute atomic E-state index is 0.0533. The number of carbonyl (C=O) groups is 1. The fraction of sp³-hybridized carbons (Fsp3) is 0.500. The molecule has 1 aromatic heterocycles. The van der Waals surface area contributed by atoms with Gasteiger partial charge in [0, 0.05) is 12.7 Å². The average molecular weight is 206 g/mol. The van der Waals surface area contributed by atoms with Gasteiger partial charge in [-0.3, -0.25) is 4.79 Å². The van der Waals surface area contributed by atoms with E-state index in [4.69, 9.17) is 0 Å². The Morgan fingerprint density at radius 2 is 2.47 bits per heavy atom. The van der Waals surface area contributed by atoms with Gasteiger partial charge in [-0.1, -0.05) is 0 Å². The second-order valence-corrected chi connectivity index (χ2v) is 3.62. The summed E-state index contributed by atoms with van der Waals surface area (Å²) in [5.41, 5.74) is 0. The average Bonchev–Trinajstić information content (AvgIpc) is 2.22. The molecule has 1 amide bonds. The highest BCUT2D eigenvalue weighted by Crippen LogP contribution is 2.10. The number of hydrogen-bond acceptors (Lipinski definition) is 4. The van der Waals surface area contributed by atoms with Gasteiger partial charge in [0.1, 0.15) is 17.7 Å². The molecule has 1 unspecified atom stereocenters. The number of rotatable bonds is 2. The summed E-state index contributed by atoms with van der Waals surface area (Å²) in [4.78, 5) is 19.7. The number of amides is 1. The summed E-state index contributed by atoms with van der Waals surface area (Å²) in [5, 5.41) is 5.93. The van der Waals surface area contributed by atoms with Gasteiger partial charge in [-0.2, -0.15) is 0 Å². The van der Waals surface area contributed by atoms with Crippen LogP contribution < -0.4 is 10.6 Å². The Labute approximate surface area is 88.3 Å². The van der Waals surface area contributed by atoms with Gasteiger partial charge in [-0.15, -0.1) is 0 Å². The van der Waals surface area contributed by atoms with E-state index in [1.807, 2.05) is 6.92 Å². The Kier molecular flexibility index (Phi) is 2.80. The smallest absolute Gasteiger partial charge is 0.242 e. The molecule has 2 N–H and O–H groups in total. The fourth-order valence-corrected chi connectivity index (χ4v) is 1.62. The van der Waals surface area contributed by atoms with Crippen LogP contribution in [0, 0.1) is 6.92 Å². The number of aromatic nitrogens is 2. The third-order valence-electron chi connectivity index (χ3n) is 2.38. The predicted octanol–water partition coefficient (Wildman–Crippen LogP) is 0.476. The first-order chi connectivity index (χ1) is 7.25. The molecule has 0 radical (unpaired) electrons. The van der Waals surface area contributed by atoms with Gasteiger partial charge >= 0.3 is 0 Å². The van der Waals surface area contributed by atoms with E-state index in [-0.39, 0.29) is 11.9 Å². The van der Waals surface area contributed by atoms with E-state index in [1.165, 1.54) is 0 Å². The quantitative estimate of drug-likeness (QED) is 0.738. The third kappa shape index (κ3) is 2.43. The largest absolute Gasteiger partial charge is 0.358 e. The van der Waals surface area contributed by atoms with E-state index in [0.717, 1.165) is 19.4 Å². The van der Waals surface area contributed by atoms with Crippen molar-refractivity contribution in [2.75, 3.05) is 11.9 Å². The maximum absolute atomic E-state index is 11.5. The summed E-state index contributed by atoms with van der Waals surface area (Å²) >= 11 is 0. The van der Waals surface area contributed by atoms with Crippen molar-refractivity contribution < 1.29 is 4.79 Å². The summed E-state index contributed by atoms with van der Waals surface area (Å²) in [7, 11) is 0. The van der Waals surface area contributed by atoms with Crippen molar-refractivity contribution in [3.63, 3.8) is 0 Å². The van der Waals surface area contributed by atoms with Gasteiger partial charge in [0.25, 0.3) is 0 Å². The summed E-state index contributed by atoms with van der Waals surface area (Å²) in [5.74, 6) is 1.47. The highest BCUT2D eigenvalue weighted by molar-refractivity contribution is 5.84. The number of piperidine rings is 1. The van der Waals surface area contributed by atoms with Crippen LogP contribution in [0.1, 0.15) is 18.7 Å². The molecule has 0 aromatic carbocycles. The molecule has 1 atom stereocenters. The van der Waals surface area contributed by atoms with Gasteiger partial charge in [-0.05, 0) is 25.8 Å². The van der Waals surface area contributed by atoms with Crippen LogP contribution in [0.15, 0.2) is 12.3 Å². The lowest BCUT2D eigenvalue weighted by Gasteiger charge is -2.23. The summed E-state index contributed by atoms with van der Waals surface area (Å²) in [6, 6.07) is 1.61. The van der Waals surface area contributed by atoms with Crippen LogP contribution in [-0.2, 0) is 4.79 Å². The van der Waals surface area contributed by atoms with Gasteiger partial charge < -0.3 is 10.6 Å². The van der Waals surface area contributed by atoms with E-state index >= 15 is 0 Å². The maximum Gasteiger partial charge on any atom is 0.242 e. The minimum Gasteiger partial charge on any atom is -0.358 e. The molecule has 0 bridgehead atoms. The molecule has 2 heterocycles. The lowest BCUT2D eigenvalue weighted by atomic mass is 10.1. The first kappa shape index (κ1) is 9.89. The van der Waals surface area contributed by atoms with Gasteiger partial charge in [0.05, 0.1) is 0 Å². The Morgan fingerprint density at radius 3 is 3.20 bits per heavy atom. The van der Waals surface area contributed by atoms with Crippen molar-refractivity contribution in [3.8, 4) is 0 Å². The first-order valence-electron chi connectivity index (χ1n) is 5.09. The zero-order valence-electron chi connectivity index (χ0n) is 8.66. The van der Waals surface area contributed by atoms with Crippen LogP contribution in [0.4, 0.5) is 5.82 Å². The molecule has 5 heteroatoms. The van der Waals surface area contributed by atoms with Crippen molar-refractivity contribution in [1.82, 2.24) is 15.3 Å². The minimum atomic E-state index is -0.159. The predicted molar refractivity (Wildman–Crippen MR) is 56.4 cm³/mol. The molecule has 0 saturated carbocycles. The topological polar surface area (TPSA) is 66.9 Å². The summed E-state index contributed by atoms with van der Waals surface area (Å²) in [6.07, 6.45) is 3.55.